The largest absolute Gasteiger partial charge is 0.487 e. The Morgan fingerprint density at radius 3 is 2.76 bits per heavy atom. The first kappa shape index (κ1) is 22.1. The summed E-state index contributed by atoms with van der Waals surface area (Å²) in [6.07, 6.45) is 7.71. The summed E-state index contributed by atoms with van der Waals surface area (Å²) < 4.78 is 7.93. The van der Waals surface area contributed by atoms with Crippen molar-refractivity contribution < 1.29 is 9.53 Å². The maximum atomic E-state index is 12.9. The summed E-state index contributed by atoms with van der Waals surface area (Å²) in [5.41, 5.74) is 4.61. The molecule has 34 heavy (non-hydrogen) atoms. The van der Waals surface area contributed by atoms with Crippen molar-refractivity contribution in [2.75, 3.05) is 13.1 Å². The highest BCUT2D eigenvalue weighted by molar-refractivity contribution is 5.94. The molecule has 0 aliphatic carbocycles. The van der Waals surface area contributed by atoms with Crippen LogP contribution >= 0.6 is 0 Å². The minimum Gasteiger partial charge on any atom is -0.487 e. The van der Waals surface area contributed by atoms with Crippen molar-refractivity contribution in [1.29, 1.82) is 0 Å². The highest BCUT2D eigenvalue weighted by Crippen LogP contribution is 2.18. The molecule has 1 amide bonds. The third kappa shape index (κ3) is 5.43. The number of hydrogen-bond donors (Lipinski definition) is 1. The fraction of sp³-hybridized carbons (Fsp3) is 0.296. The maximum Gasteiger partial charge on any atom is 0.251 e. The average molecular weight is 456 g/mol. The molecule has 7 heteroatoms. The Kier molecular flexibility index (Phi) is 6.53. The van der Waals surface area contributed by atoms with Gasteiger partial charge in [-0.3, -0.25) is 14.7 Å². The van der Waals surface area contributed by atoms with Crippen LogP contribution in [-0.4, -0.2) is 44.3 Å². The lowest BCUT2D eigenvalue weighted by atomic mass is 10.0. The van der Waals surface area contributed by atoms with Gasteiger partial charge in [0.2, 0.25) is 0 Å². The third-order valence-electron chi connectivity index (χ3n) is 6.17. The van der Waals surface area contributed by atoms with E-state index in [0.29, 0.717) is 17.9 Å². The van der Waals surface area contributed by atoms with E-state index in [2.05, 4.69) is 33.2 Å². The van der Waals surface area contributed by atoms with Crippen LogP contribution in [0.1, 0.15) is 40.2 Å². The summed E-state index contributed by atoms with van der Waals surface area (Å²) in [4.78, 5) is 24.2. The summed E-state index contributed by atoms with van der Waals surface area (Å²) in [5.74, 6) is 0.600. The molecule has 0 radical (unpaired) electrons. The van der Waals surface area contributed by atoms with Crippen LogP contribution in [0.5, 0.6) is 5.75 Å². The standard InChI is InChI=1S/C27H29N5O2/c1-20-8-9-26-29-24(18-32(26)16-20)19-34-25-7-4-5-21(15-25)27(33)30-22-10-13-31(14-11-22)17-23-6-2-3-12-28-23/h2-9,12,15-16,18,22H,10-11,13-14,17,19H2,1H3,(H,30,33). The molecule has 0 spiro atoms. The van der Waals surface area contributed by atoms with Crippen LogP contribution in [-0.2, 0) is 13.2 Å². The summed E-state index contributed by atoms with van der Waals surface area (Å²) in [6, 6.07) is 17.6. The average Bonchev–Trinajstić information content (AvgIpc) is 3.27. The molecule has 1 fully saturated rings. The number of pyridine rings is 2. The van der Waals surface area contributed by atoms with Crippen molar-refractivity contribution >= 4 is 11.6 Å². The van der Waals surface area contributed by atoms with E-state index in [-0.39, 0.29) is 11.9 Å². The van der Waals surface area contributed by atoms with Gasteiger partial charge in [-0.1, -0.05) is 18.2 Å². The summed E-state index contributed by atoms with van der Waals surface area (Å²) in [6.45, 7) is 5.15. The van der Waals surface area contributed by atoms with E-state index in [1.165, 1.54) is 5.56 Å². The first-order valence-electron chi connectivity index (χ1n) is 11.7. The highest BCUT2D eigenvalue weighted by Gasteiger charge is 2.21. The van der Waals surface area contributed by atoms with Gasteiger partial charge in [0.25, 0.3) is 5.91 Å². The number of aryl methyl sites for hydroxylation is 1. The zero-order valence-electron chi connectivity index (χ0n) is 19.4. The lowest BCUT2D eigenvalue weighted by molar-refractivity contribution is 0.0908. The maximum absolute atomic E-state index is 12.9. The zero-order chi connectivity index (χ0) is 23.3. The van der Waals surface area contributed by atoms with Gasteiger partial charge in [0.1, 0.15) is 18.0 Å². The molecule has 4 aromatic rings. The molecular weight excluding hydrogens is 426 g/mol. The number of carbonyl (C=O) groups excluding carboxylic acids is 1. The van der Waals surface area contributed by atoms with Gasteiger partial charge < -0.3 is 14.5 Å². The van der Waals surface area contributed by atoms with Crippen LogP contribution in [0.2, 0.25) is 0 Å². The monoisotopic (exact) mass is 455 g/mol. The number of aromatic nitrogens is 3. The minimum atomic E-state index is -0.0585. The van der Waals surface area contributed by atoms with Gasteiger partial charge in [-0.2, -0.15) is 0 Å². The fourth-order valence-corrected chi connectivity index (χ4v) is 4.33. The van der Waals surface area contributed by atoms with Crippen molar-refractivity contribution in [3.05, 3.63) is 95.7 Å². The van der Waals surface area contributed by atoms with E-state index in [9.17, 15) is 4.79 Å². The Morgan fingerprint density at radius 2 is 1.94 bits per heavy atom. The van der Waals surface area contributed by atoms with Gasteiger partial charge in [-0.05, 0) is 61.7 Å². The number of imidazole rings is 1. The predicted molar refractivity (Wildman–Crippen MR) is 131 cm³/mol. The van der Waals surface area contributed by atoms with Crippen LogP contribution in [0.3, 0.4) is 0 Å². The minimum absolute atomic E-state index is 0.0585. The first-order valence-corrected chi connectivity index (χ1v) is 11.7. The molecule has 5 rings (SSSR count). The number of fused-ring (bicyclic) bond motifs is 1. The lowest BCUT2D eigenvalue weighted by Crippen LogP contribution is -2.44. The van der Waals surface area contributed by atoms with E-state index >= 15 is 0 Å². The number of nitrogens with zero attached hydrogens (tertiary/aromatic N) is 4. The number of rotatable bonds is 7. The molecular formula is C27H29N5O2. The zero-order valence-corrected chi connectivity index (χ0v) is 19.4. The van der Waals surface area contributed by atoms with Crippen molar-refractivity contribution in [2.24, 2.45) is 0 Å². The molecule has 1 aliphatic heterocycles. The van der Waals surface area contributed by atoms with Gasteiger partial charge >= 0.3 is 0 Å². The van der Waals surface area contributed by atoms with Crippen LogP contribution in [0.4, 0.5) is 0 Å². The predicted octanol–water partition coefficient (Wildman–Crippen LogP) is 4.01. The normalized spacial score (nSPS) is 14.9. The van der Waals surface area contributed by atoms with Crippen LogP contribution < -0.4 is 10.1 Å². The molecule has 0 saturated carbocycles. The molecule has 0 atom stereocenters. The number of likely N-dealkylation sites (tertiary alicyclic amines) is 1. The summed E-state index contributed by atoms with van der Waals surface area (Å²) in [7, 11) is 0. The van der Waals surface area contributed by atoms with Crippen molar-refractivity contribution in [1.82, 2.24) is 24.6 Å². The second kappa shape index (κ2) is 10.1. The van der Waals surface area contributed by atoms with E-state index in [0.717, 1.165) is 49.5 Å². The number of nitrogens with one attached hydrogen (secondary N) is 1. The Hall–Kier alpha value is -3.71. The number of ether oxygens (including phenoxy) is 1. The van der Waals surface area contributed by atoms with E-state index < -0.39 is 0 Å². The smallest absolute Gasteiger partial charge is 0.251 e. The molecule has 1 aromatic carbocycles. The topological polar surface area (TPSA) is 71.8 Å². The number of piperidine rings is 1. The van der Waals surface area contributed by atoms with Gasteiger partial charge in [0.15, 0.2) is 0 Å². The number of hydrogen-bond acceptors (Lipinski definition) is 5. The first-order chi connectivity index (χ1) is 16.6. The van der Waals surface area contributed by atoms with Gasteiger partial charge in [0.05, 0.1) is 11.4 Å². The molecule has 1 aliphatic rings. The van der Waals surface area contributed by atoms with Crippen molar-refractivity contribution in [3.8, 4) is 5.75 Å². The molecule has 0 unspecified atom stereocenters. The Balaban J connectivity index is 1.13. The Morgan fingerprint density at radius 1 is 1.06 bits per heavy atom. The van der Waals surface area contributed by atoms with Crippen molar-refractivity contribution in [3.63, 3.8) is 0 Å². The van der Waals surface area contributed by atoms with Gasteiger partial charge in [-0.25, -0.2) is 4.98 Å². The van der Waals surface area contributed by atoms with Crippen molar-refractivity contribution in [2.45, 2.75) is 39.0 Å². The summed E-state index contributed by atoms with van der Waals surface area (Å²) >= 11 is 0. The molecule has 4 heterocycles. The molecule has 0 bridgehead atoms. The molecule has 3 aromatic heterocycles. The van der Waals surface area contributed by atoms with E-state index in [4.69, 9.17) is 4.74 Å². The van der Waals surface area contributed by atoms with Gasteiger partial charge in [0, 0.05) is 49.8 Å². The Labute approximate surface area is 199 Å². The van der Waals surface area contributed by atoms with E-state index in [1.54, 1.807) is 6.07 Å². The van der Waals surface area contributed by atoms with Crippen LogP contribution in [0, 0.1) is 6.92 Å². The fourth-order valence-electron chi connectivity index (χ4n) is 4.33. The number of carbonyl (C=O) groups is 1. The number of amides is 1. The van der Waals surface area contributed by atoms with Gasteiger partial charge in [-0.15, -0.1) is 0 Å². The third-order valence-corrected chi connectivity index (χ3v) is 6.17. The second-order valence-corrected chi connectivity index (χ2v) is 8.87. The number of benzene rings is 1. The van der Waals surface area contributed by atoms with Crippen LogP contribution in [0.25, 0.3) is 5.65 Å². The lowest BCUT2D eigenvalue weighted by Gasteiger charge is -2.32. The van der Waals surface area contributed by atoms with E-state index in [1.807, 2.05) is 65.5 Å². The molecule has 1 saturated heterocycles. The molecule has 7 nitrogen and oxygen atoms in total. The second-order valence-electron chi connectivity index (χ2n) is 8.87. The quantitative estimate of drug-likeness (QED) is 0.456. The summed E-state index contributed by atoms with van der Waals surface area (Å²) in [5, 5.41) is 3.19. The molecule has 1 N–H and O–H groups in total. The van der Waals surface area contributed by atoms with Crippen LogP contribution in [0.15, 0.2) is 73.2 Å². The highest BCUT2D eigenvalue weighted by atomic mass is 16.5. The SMILES string of the molecule is Cc1ccc2nc(COc3cccc(C(=O)NC4CCN(Cc5ccccn5)CC4)c3)cn2c1. The molecule has 174 valence electrons. The Bertz CT molecular complexity index is 1260.